The van der Waals surface area contributed by atoms with Gasteiger partial charge in [-0.15, -0.1) is 0 Å². The monoisotopic (exact) mass is 496 g/mol. The maximum absolute atomic E-state index is 6.14. The Kier molecular flexibility index (Phi) is 15.1. The van der Waals surface area contributed by atoms with E-state index in [-0.39, 0.29) is 13.6 Å². The first-order valence-corrected chi connectivity index (χ1v) is 16.6. The molecule has 0 aromatic rings. The maximum atomic E-state index is 6.14. The Morgan fingerprint density at radius 3 is 1.03 bits per heavy atom. The van der Waals surface area contributed by atoms with Gasteiger partial charge in [0.15, 0.2) is 0 Å². The Hall–Kier alpha value is -0.226. The van der Waals surface area contributed by atoms with Crippen LogP contribution in [0.3, 0.4) is 0 Å². The smallest absolute Gasteiger partial charge is 0.241 e. The summed E-state index contributed by atoms with van der Waals surface area (Å²) in [6.07, 6.45) is 0.999. The molecular weight excluding hydrogens is 456 g/mol. The van der Waals surface area contributed by atoms with Gasteiger partial charge in [0.25, 0.3) is 0 Å². The Morgan fingerprint density at radius 1 is 0.406 bits per heavy atom. The summed E-state index contributed by atoms with van der Waals surface area (Å²) in [5.41, 5.74) is 4.25. The quantitative estimate of drug-likeness (QED) is 0.515. The van der Waals surface area contributed by atoms with Crippen LogP contribution in [0.1, 0.15) is 0 Å². The average molecular weight is 497 g/mol. The first-order chi connectivity index (χ1) is 15.6. The lowest BCUT2D eigenvalue weighted by atomic mass is 10.7. The molecule has 0 spiro atoms. The van der Waals surface area contributed by atoms with Gasteiger partial charge in [0.05, 0.1) is 91.7 Å². The van der Waals surface area contributed by atoms with Crippen LogP contribution in [0, 0.1) is 0 Å². The predicted molar refractivity (Wildman–Crippen MR) is 121 cm³/mol. The molecule has 2 atom stereocenters. The Morgan fingerprint density at radius 2 is 0.688 bits per heavy atom. The van der Waals surface area contributed by atoms with Crippen molar-refractivity contribution in [3.05, 3.63) is 11.4 Å². The van der Waals surface area contributed by atoms with Crippen LogP contribution in [0.2, 0.25) is 13.1 Å². The highest BCUT2D eigenvalue weighted by Crippen LogP contribution is 2.15. The Bertz CT molecular complexity index is 427. The normalized spacial score (nSPS) is 32.7. The van der Waals surface area contributed by atoms with Crippen molar-refractivity contribution in [2.45, 2.75) is 13.1 Å². The van der Waals surface area contributed by atoms with Gasteiger partial charge in [0.2, 0.25) is 16.6 Å². The molecule has 0 bridgehead atoms. The lowest BCUT2D eigenvalue weighted by Gasteiger charge is -2.28. The van der Waals surface area contributed by atoms with Gasteiger partial charge < -0.3 is 46.7 Å². The van der Waals surface area contributed by atoms with E-state index >= 15 is 0 Å². The highest BCUT2D eigenvalue weighted by molar-refractivity contribution is 6.83. The number of rotatable bonds is 2. The molecule has 0 N–H and O–H groups in total. The molecule has 0 saturated carbocycles. The molecule has 0 aromatic heterocycles. The van der Waals surface area contributed by atoms with Gasteiger partial charge >= 0.3 is 0 Å². The predicted octanol–water partition coefficient (Wildman–Crippen LogP) is 0.958. The summed E-state index contributed by atoms with van der Waals surface area (Å²) < 4.78 is 57.0. The van der Waals surface area contributed by atoms with E-state index in [4.69, 9.17) is 46.7 Å². The third-order valence-corrected chi connectivity index (χ3v) is 9.93. The van der Waals surface area contributed by atoms with E-state index in [0.29, 0.717) is 91.7 Å². The lowest BCUT2D eigenvalue weighted by molar-refractivity contribution is -0.0410. The summed E-state index contributed by atoms with van der Waals surface area (Å²) >= 11 is 0. The van der Waals surface area contributed by atoms with Gasteiger partial charge in [-0.3, -0.25) is 0 Å². The van der Waals surface area contributed by atoms with Gasteiger partial charge in [0, 0.05) is 0 Å². The minimum atomic E-state index is -2.37. The van der Waals surface area contributed by atoms with Crippen LogP contribution in [-0.4, -0.2) is 122 Å². The summed E-state index contributed by atoms with van der Waals surface area (Å²) in [5.74, 6) is 0. The van der Waals surface area contributed by atoms with Gasteiger partial charge in [-0.1, -0.05) is 11.4 Å². The summed E-state index contributed by atoms with van der Waals surface area (Å²) in [6, 6.07) is 0. The lowest BCUT2D eigenvalue weighted by Crippen LogP contribution is -2.44. The van der Waals surface area contributed by atoms with Crippen molar-refractivity contribution in [2.75, 3.05) is 105 Å². The minimum absolute atomic E-state index is 0.201. The molecule has 2 unspecified atom stereocenters. The van der Waals surface area contributed by atoms with Crippen molar-refractivity contribution in [2.24, 2.45) is 0 Å². The largest absolute Gasteiger partial charge is 0.389 e. The van der Waals surface area contributed by atoms with E-state index in [2.05, 4.69) is 24.5 Å². The highest BCUT2D eigenvalue weighted by atomic mass is 28.4. The summed E-state index contributed by atoms with van der Waals surface area (Å²) in [5, 5.41) is 0. The van der Waals surface area contributed by atoms with Crippen molar-refractivity contribution >= 4 is 16.6 Å². The minimum Gasteiger partial charge on any atom is -0.389 e. The number of hydrogen-bond acceptors (Lipinski definition) is 10. The molecule has 10 nitrogen and oxygen atoms in total. The van der Waals surface area contributed by atoms with Crippen molar-refractivity contribution in [1.82, 2.24) is 0 Å². The second-order valence-corrected chi connectivity index (χ2v) is 14.9. The summed E-state index contributed by atoms with van der Waals surface area (Å²) in [4.78, 5) is 0. The molecule has 2 heterocycles. The van der Waals surface area contributed by atoms with E-state index in [1.54, 1.807) is 0 Å². The zero-order valence-corrected chi connectivity index (χ0v) is 21.6. The molecule has 2 fully saturated rings. The first-order valence-electron chi connectivity index (χ1n) is 11.2. The highest BCUT2D eigenvalue weighted by Gasteiger charge is 2.32. The molecule has 12 heteroatoms. The molecule has 32 heavy (non-hydrogen) atoms. The average Bonchev–Trinajstić information content (AvgIpc) is 2.78. The molecule has 2 aliphatic rings. The van der Waals surface area contributed by atoms with E-state index in [1.807, 2.05) is 0 Å². The molecule has 188 valence electrons. The third kappa shape index (κ3) is 13.5. The maximum Gasteiger partial charge on any atom is 0.241 e. The fourth-order valence-electron chi connectivity index (χ4n) is 2.76. The van der Waals surface area contributed by atoms with Crippen LogP contribution in [-0.2, 0) is 46.7 Å². The molecular formula is C20H40O10Si2. The van der Waals surface area contributed by atoms with Crippen LogP contribution in [0.15, 0.2) is 11.4 Å². The topological polar surface area (TPSA) is 92.3 Å². The summed E-state index contributed by atoms with van der Waals surface area (Å²) in [6.45, 7) is 10.8. The van der Waals surface area contributed by atoms with E-state index in [9.17, 15) is 0 Å². The van der Waals surface area contributed by atoms with Crippen LogP contribution < -0.4 is 0 Å². The SMILES string of the molecule is C[Si]1(/C=C/[Si]2(C)COCCOCCOCCOCO2)COCCOCCOCCOCO1. The summed E-state index contributed by atoms with van der Waals surface area (Å²) in [7, 11) is -4.73. The molecule has 0 radical (unpaired) electrons. The second-order valence-electron chi connectivity index (χ2n) is 7.85. The molecule has 2 aliphatic heterocycles. The third-order valence-electron chi connectivity index (χ3n) is 4.74. The zero-order chi connectivity index (χ0) is 22.8. The van der Waals surface area contributed by atoms with Crippen LogP contribution >= 0.6 is 0 Å². The fraction of sp³-hybridized carbons (Fsp3) is 0.900. The number of ether oxygens (including phenoxy) is 8. The molecule has 2 saturated heterocycles. The zero-order valence-electron chi connectivity index (χ0n) is 19.6. The van der Waals surface area contributed by atoms with Crippen LogP contribution in [0.25, 0.3) is 0 Å². The standard InChI is InChI=1S/C20H40O10Si2/c1-31(19-27-13-9-23-5-3-21-7-11-25-17-29-31)15-16-32(2)20-28-14-10-24-6-4-22-8-12-26-18-30-32/h15-16H,3-14,17-20H2,1-2H3/b16-15+. The molecule has 0 aromatic carbocycles. The molecule has 0 aliphatic carbocycles. The second kappa shape index (κ2) is 17.2. The van der Waals surface area contributed by atoms with E-state index in [1.165, 1.54) is 0 Å². The van der Waals surface area contributed by atoms with Crippen LogP contribution in [0.4, 0.5) is 0 Å². The fourth-order valence-corrected chi connectivity index (χ4v) is 7.94. The molecule has 0 amide bonds. The van der Waals surface area contributed by atoms with E-state index in [0.717, 1.165) is 0 Å². The van der Waals surface area contributed by atoms with Gasteiger partial charge in [-0.05, 0) is 13.1 Å². The van der Waals surface area contributed by atoms with Crippen molar-refractivity contribution < 1.29 is 46.7 Å². The van der Waals surface area contributed by atoms with Crippen molar-refractivity contribution in [1.29, 1.82) is 0 Å². The van der Waals surface area contributed by atoms with Crippen molar-refractivity contribution in [3.8, 4) is 0 Å². The Balaban J connectivity index is 1.95. The van der Waals surface area contributed by atoms with Gasteiger partial charge in [-0.2, -0.15) is 0 Å². The number of hydrogen-bond donors (Lipinski definition) is 0. The Labute approximate surface area is 193 Å². The van der Waals surface area contributed by atoms with Gasteiger partial charge in [-0.25, -0.2) is 0 Å². The van der Waals surface area contributed by atoms with E-state index < -0.39 is 16.6 Å². The molecule has 2 rings (SSSR count). The van der Waals surface area contributed by atoms with Gasteiger partial charge in [0.1, 0.15) is 13.6 Å². The van der Waals surface area contributed by atoms with Crippen molar-refractivity contribution in [3.63, 3.8) is 0 Å². The first kappa shape index (κ1) is 28.0. The van der Waals surface area contributed by atoms with Crippen LogP contribution in [0.5, 0.6) is 0 Å².